The predicted molar refractivity (Wildman–Crippen MR) is 89.6 cm³/mol. The number of carbonyl (C=O) groups excluding carboxylic acids is 2. The standard InChI is InChI=1S/C16H15N3O4S/c1-22-16(21)18-9-14(20)17-8-10-6-7-12(23-10)15-19-11-4-2-3-5-13(11)24-15/h2-7H,8-9H2,1H3,(H,17,20)(H,18,21). The number of hydrogen-bond acceptors (Lipinski definition) is 6. The van der Waals surface area contributed by atoms with Crippen LogP contribution in [0.3, 0.4) is 0 Å². The van der Waals surface area contributed by atoms with Crippen LogP contribution < -0.4 is 10.6 Å². The van der Waals surface area contributed by atoms with E-state index in [1.807, 2.05) is 30.3 Å². The lowest BCUT2D eigenvalue weighted by Crippen LogP contribution is -2.36. The quantitative estimate of drug-likeness (QED) is 0.741. The van der Waals surface area contributed by atoms with Gasteiger partial charge in [0.25, 0.3) is 0 Å². The van der Waals surface area contributed by atoms with Gasteiger partial charge in [0.05, 0.1) is 23.9 Å². The number of amides is 2. The minimum Gasteiger partial charge on any atom is -0.457 e. The first-order valence-corrected chi connectivity index (χ1v) is 8.00. The van der Waals surface area contributed by atoms with Crippen molar-refractivity contribution in [2.75, 3.05) is 13.7 Å². The first-order valence-electron chi connectivity index (χ1n) is 7.19. The van der Waals surface area contributed by atoms with Crippen LogP contribution in [0.25, 0.3) is 21.0 Å². The average molecular weight is 345 g/mol. The summed E-state index contributed by atoms with van der Waals surface area (Å²) in [7, 11) is 1.24. The number of thiazole rings is 1. The zero-order valence-electron chi connectivity index (χ0n) is 12.9. The molecular formula is C16H15N3O4S. The van der Waals surface area contributed by atoms with E-state index in [9.17, 15) is 9.59 Å². The number of rotatable bonds is 5. The monoisotopic (exact) mass is 345 g/mol. The van der Waals surface area contributed by atoms with Crippen LogP contribution in [-0.4, -0.2) is 30.6 Å². The summed E-state index contributed by atoms with van der Waals surface area (Å²) in [5, 5.41) is 5.74. The van der Waals surface area contributed by atoms with Gasteiger partial charge in [-0.2, -0.15) is 0 Å². The van der Waals surface area contributed by atoms with E-state index >= 15 is 0 Å². The zero-order chi connectivity index (χ0) is 16.9. The third kappa shape index (κ3) is 3.72. The Morgan fingerprint density at radius 1 is 1.21 bits per heavy atom. The number of furan rings is 1. The molecule has 0 spiro atoms. The molecule has 0 bridgehead atoms. The van der Waals surface area contributed by atoms with E-state index in [-0.39, 0.29) is 19.0 Å². The molecule has 0 aliphatic rings. The van der Waals surface area contributed by atoms with Crippen molar-refractivity contribution in [3.8, 4) is 10.8 Å². The molecule has 0 saturated heterocycles. The van der Waals surface area contributed by atoms with Crippen LogP contribution in [0.15, 0.2) is 40.8 Å². The van der Waals surface area contributed by atoms with Crippen molar-refractivity contribution in [1.82, 2.24) is 15.6 Å². The van der Waals surface area contributed by atoms with Crippen molar-refractivity contribution in [3.05, 3.63) is 42.2 Å². The van der Waals surface area contributed by atoms with Crippen LogP contribution in [0, 0.1) is 0 Å². The summed E-state index contributed by atoms with van der Waals surface area (Å²) in [6, 6.07) is 11.5. The van der Waals surface area contributed by atoms with Crippen molar-refractivity contribution in [3.63, 3.8) is 0 Å². The largest absolute Gasteiger partial charge is 0.457 e. The second-order valence-electron chi connectivity index (χ2n) is 4.87. The maximum Gasteiger partial charge on any atom is 0.407 e. The molecule has 0 fully saturated rings. The third-order valence-electron chi connectivity index (χ3n) is 3.20. The fourth-order valence-corrected chi connectivity index (χ4v) is 2.97. The summed E-state index contributed by atoms with van der Waals surface area (Å²) < 4.78 is 11.2. The number of hydrogen-bond donors (Lipinski definition) is 2. The number of fused-ring (bicyclic) bond motifs is 1. The van der Waals surface area contributed by atoms with E-state index in [0.717, 1.165) is 15.2 Å². The molecule has 0 atom stereocenters. The topological polar surface area (TPSA) is 93.5 Å². The molecule has 3 rings (SSSR count). The molecule has 24 heavy (non-hydrogen) atoms. The summed E-state index contributed by atoms with van der Waals surface area (Å²) in [5.74, 6) is 0.933. The van der Waals surface area contributed by atoms with Crippen LogP contribution in [0.1, 0.15) is 5.76 Å². The van der Waals surface area contributed by atoms with E-state index in [1.54, 1.807) is 17.4 Å². The minimum atomic E-state index is -0.652. The maximum atomic E-state index is 11.6. The number of methoxy groups -OCH3 is 1. The van der Waals surface area contributed by atoms with Gasteiger partial charge in [-0.1, -0.05) is 12.1 Å². The van der Waals surface area contributed by atoms with Crippen LogP contribution in [0.4, 0.5) is 4.79 Å². The maximum absolute atomic E-state index is 11.6. The van der Waals surface area contributed by atoms with Crippen molar-refractivity contribution < 1.29 is 18.7 Å². The third-order valence-corrected chi connectivity index (χ3v) is 4.26. The smallest absolute Gasteiger partial charge is 0.407 e. The molecule has 3 aromatic rings. The summed E-state index contributed by atoms with van der Waals surface area (Å²) in [6.07, 6.45) is -0.652. The number of nitrogens with one attached hydrogen (secondary N) is 2. The highest BCUT2D eigenvalue weighted by atomic mass is 32.1. The van der Waals surface area contributed by atoms with E-state index in [1.165, 1.54) is 7.11 Å². The van der Waals surface area contributed by atoms with Gasteiger partial charge in [0.2, 0.25) is 5.91 Å². The Labute approximate surface area is 141 Å². The lowest BCUT2D eigenvalue weighted by molar-refractivity contribution is -0.120. The van der Waals surface area contributed by atoms with Gasteiger partial charge in [-0.25, -0.2) is 9.78 Å². The van der Waals surface area contributed by atoms with Crippen LogP contribution >= 0.6 is 11.3 Å². The summed E-state index contributed by atoms with van der Waals surface area (Å²) >= 11 is 1.55. The number of benzene rings is 1. The van der Waals surface area contributed by atoms with Crippen molar-refractivity contribution in [1.29, 1.82) is 0 Å². The Hall–Kier alpha value is -2.87. The SMILES string of the molecule is COC(=O)NCC(=O)NCc1ccc(-c2nc3ccccc3s2)o1. The highest BCUT2D eigenvalue weighted by Crippen LogP contribution is 2.30. The summed E-state index contributed by atoms with van der Waals surface area (Å²) in [5.41, 5.74) is 0.928. The van der Waals surface area contributed by atoms with Gasteiger partial charge in [0, 0.05) is 0 Å². The Kier molecular flexibility index (Phi) is 4.76. The number of carbonyl (C=O) groups is 2. The number of ether oxygens (including phenoxy) is 1. The second kappa shape index (κ2) is 7.14. The summed E-state index contributed by atoms with van der Waals surface area (Å²) in [6.45, 7) is 0.0741. The normalized spacial score (nSPS) is 10.5. The van der Waals surface area contributed by atoms with Gasteiger partial charge >= 0.3 is 6.09 Å². The van der Waals surface area contributed by atoms with Crippen LogP contribution in [0.2, 0.25) is 0 Å². The first-order chi connectivity index (χ1) is 11.7. The highest BCUT2D eigenvalue weighted by Gasteiger charge is 2.11. The lowest BCUT2D eigenvalue weighted by Gasteiger charge is -2.04. The van der Waals surface area contributed by atoms with Gasteiger partial charge in [-0.15, -0.1) is 11.3 Å². The summed E-state index contributed by atoms with van der Waals surface area (Å²) in [4.78, 5) is 27.0. The Morgan fingerprint density at radius 2 is 2.04 bits per heavy atom. The fraction of sp³-hybridized carbons (Fsp3) is 0.188. The molecule has 0 saturated carbocycles. The van der Waals surface area contributed by atoms with Crippen molar-refractivity contribution in [2.45, 2.75) is 6.54 Å². The van der Waals surface area contributed by atoms with E-state index in [2.05, 4.69) is 20.4 Å². The van der Waals surface area contributed by atoms with E-state index < -0.39 is 6.09 Å². The van der Waals surface area contributed by atoms with Crippen molar-refractivity contribution >= 4 is 33.6 Å². The van der Waals surface area contributed by atoms with Crippen LogP contribution in [-0.2, 0) is 16.1 Å². The predicted octanol–water partition coefficient (Wildman–Crippen LogP) is 2.53. The Bertz CT molecular complexity index is 838. The molecule has 124 valence electrons. The number of para-hydroxylation sites is 1. The molecule has 2 heterocycles. The first kappa shape index (κ1) is 16.0. The average Bonchev–Trinajstić information content (AvgIpc) is 3.23. The number of nitrogens with zero attached hydrogens (tertiary/aromatic N) is 1. The van der Waals surface area contributed by atoms with Gasteiger partial charge in [-0.3, -0.25) is 4.79 Å². The van der Waals surface area contributed by atoms with Crippen molar-refractivity contribution in [2.24, 2.45) is 0 Å². The van der Waals surface area contributed by atoms with Gasteiger partial charge in [0.1, 0.15) is 12.3 Å². The molecule has 0 aliphatic carbocycles. The molecule has 1 aromatic carbocycles. The molecular weight excluding hydrogens is 330 g/mol. The van der Waals surface area contributed by atoms with Crippen LogP contribution in [0.5, 0.6) is 0 Å². The van der Waals surface area contributed by atoms with Gasteiger partial charge in [0.15, 0.2) is 10.8 Å². The number of alkyl carbamates (subject to hydrolysis) is 1. The molecule has 7 nitrogen and oxygen atoms in total. The number of aromatic nitrogens is 1. The fourth-order valence-electron chi connectivity index (χ4n) is 2.04. The lowest BCUT2D eigenvalue weighted by atomic mass is 10.3. The Balaban J connectivity index is 1.59. The molecule has 0 radical (unpaired) electrons. The van der Waals surface area contributed by atoms with Gasteiger partial charge in [-0.05, 0) is 24.3 Å². The zero-order valence-corrected chi connectivity index (χ0v) is 13.7. The molecule has 8 heteroatoms. The molecule has 2 amide bonds. The second-order valence-corrected chi connectivity index (χ2v) is 5.91. The van der Waals surface area contributed by atoms with E-state index in [0.29, 0.717) is 11.5 Å². The minimum absolute atomic E-state index is 0.155. The molecule has 0 unspecified atom stereocenters. The highest BCUT2D eigenvalue weighted by molar-refractivity contribution is 7.21. The molecule has 2 N–H and O–H groups in total. The van der Waals surface area contributed by atoms with Gasteiger partial charge < -0.3 is 19.8 Å². The Morgan fingerprint density at radius 3 is 2.83 bits per heavy atom. The molecule has 0 aliphatic heterocycles. The van der Waals surface area contributed by atoms with E-state index in [4.69, 9.17) is 4.42 Å². The molecule has 2 aromatic heterocycles.